The minimum Gasteiger partial charge on any atom is -0.497 e. The van der Waals surface area contributed by atoms with Crippen LogP contribution in [-0.2, 0) is 16.1 Å². The van der Waals surface area contributed by atoms with Crippen molar-refractivity contribution in [1.82, 2.24) is 4.57 Å². The van der Waals surface area contributed by atoms with Gasteiger partial charge in [0.1, 0.15) is 29.9 Å². The molecule has 0 bridgehead atoms. The van der Waals surface area contributed by atoms with Crippen molar-refractivity contribution in [3.8, 4) is 17.2 Å². The fraction of sp³-hybridized carbons (Fsp3) is 0.219. The van der Waals surface area contributed by atoms with Gasteiger partial charge in [-0.25, -0.2) is 9.79 Å². The van der Waals surface area contributed by atoms with Gasteiger partial charge in [0.15, 0.2) is 4.80 Å². The van der Waals surface area contributed by atoms with Gasteiger partial charge < -0.3 is 18.9 Å². The van der Waals surface area contributed by atoms with Crippen LogP contribution in [0.3, 0.4) is 0 Å². The molecular weight excluding hydrogens is 611 g/mol. The third-order valence-electron chi connectivity index (χ3n) is 6.84. The van der Waals surface area contributed by atoms with Gasteiger partial charge in [0.2, 0.25) is 0 Å². The van der Waals surface area contributed by atoms with Crippen LogP contribution in [-0.4, -0.2) is 31.4 Å². The number of benzene rings is 3. The molecule has 0 unspecified atom stereocenters. The van der Waals surface area contributed by atoms with Crippen molar-refractivity contribution >= 4 is 46.6 Å². The standard InChI is InChI=1S/C32H28Cl2N2O6S/c1-5-41-31(38)28-18(2)35-32-36(29(28)24-16-23(39-3)12-13-26(24)40-4)30(37)27(43-32)14-19-6-10-22(11-7-19)42-17-20-8-9-21(33)15-25(20)34/h6-16,29H,5,17H2,1-4H3/b27-14+/t29-/m1/s1. The number of ether oxygens (including phenoxy) is 4. The fourth-order valence-electron chi connectivity index (χ4n) is 4.75. The van der Waals surface area contributed by atoms with Gasteiger partial charge in [-0.1, -0.05) is 52.7 Å². The summed E-state index contributed by atoms with van der Waals surface area (Å²) in [6.45, 7) is 3.92. The molecule has 0 N–H and O–H groups in total. The molecule has 3 aromatic carbocycles. The number of carbonyl (C=O) groups is 1. The SMILES string of the molecule is CCOC(=O)C1=C(C)N=c2s/c(=C/c3ccc(OCc4ccc(Cl)cc4Cl)cc3)c(=O)n2[C@@H]1c1cc(OC)ccc1OC. The Kier molecular flexibility index (Phi) is 9.25. The van der Waals surface area contributed by atoms with Gasteiger partial charge >= 0.3 is 5.97 Å². The lowest BCUT2D eigenvalue weighted by Crippen LogP contribution is -2.40. The maximum atomic E-state index is 14.0. The van der Waals surface area contributed by atoms with E-state index in [0.717, 1.165) is 11.1 Å². The molecule has 0 radical (unpaired) electrons. The first-order valence-corrected chi connectivity index (χ1v) is 14.9. The van der Waals surface area contributed by atoms with Crippen LogP contribution in [0.4, 0.5) is 0 Å². The van der Waals surface area contributed by atoms with Crippen LogP contribution in [0.15, 0.2) is 81.7 Å². The number of allylic oxidation sites excluding steroid dienone is 1. The molecule has 0 saturated heterocycles. The highest BCUT2D eigenvalue weighted by Crippen LogP contribution is 2.37. The molecular formula is C32H28Cl2N2O6S. The van der Waals surface area contributed by atoms with Crippen LogP contribution >= 0.6 is 34.5 Å². The highest BCUT2D eigenvalue weighted by molar-refractivity contribution is 7.07. The van der Waals surface area contributed by atoms with Gasteiger partial charge in [0.05, 0.1) is 36.6 Å². The largest absolute Gasteiger partial charge is 0.497 e. The Morgan fingerprint density at radius 1 is 1.02 bits per heavy atom. The zero-order valence-corrected chi connectivity index (χ0v) is 26.2. The van der Waals surface area contributed by atoms with E-state index in [1.807, 2.05) is 30.3 Å². The molecule has 1 aromatic heterocycles. The smallest absolute Gasteiger partial charge is 0.338 e. The van der Waals surface area contributed by atoms with Crippen molar-refractivity contribution < 1.29 is 23.7 Å². The number of hydrogen-bond acceptors (Lipinski definition) is 8. The third-order valence-corrected chi connectivity index (χ3v) is 8.41. The molecule has 1 atom stereocenters. The van der Waals surface area contributed by atoms with E-state index in [1.54, 1.807) is 57.4 Å². The predicted octanol–water partition coefficient (Wildman–Crippen LogP) is 5.70. The molecule has 1 aliphatic heterocycles. The Bertz CT molecular complexity index is 1900. The Labute approximate surface area is 262 Å². The van der Waals surface area contributed by atoms with Crippen molar-refractivity contribution in [2.75, 3.05) is 20.8 Å². The number of carbonyl (C=O) groups excluding carboxylic acids is 1. The van der Waals surface area contributed by atoms with E-state index >= 15 is 0 Å². The number of nitrogens with zero attached hydrogens (tertiary/aromatic N) is 2. The van der Waals surface area contributed by atoms with E-state index < -0.39 is 12.0 Å². The van der Waals surface area contributed by atoms with Gasteiger partial charge in [-0.15, -0.1) is 0 Å². The number of rotatable bonds is 9. The van der Waals surface area contributed by atoms with Gasteiger partial charge in [0.25, 0.3) is 5.56 Å². The van der Waals surface area contributed by atoms with E-state index in [1.165, 1.54) is 23.0 Å². The lowest BCUT2D eigenvalue weighted by atomic mass is 9.94. The first-order valence-electron chi connectivity index (χ1n) is 13.3. The van der Waals surface area contributed by atoms with Crippen molar-refractivity contribution in [2.45, 2.75) is 26.5 Å². The number of methoxy groups -OCH3 is 2. The van der Waals surface area contributed by atoms with E-state index in [-0.39, 0.29) is 24.3 Å². The van der Waals surface area contributed by atoms with Gasteiger partial charge in [-0.3, -0.25) is 9.36 Å². The molecule has 0 fully saturated rings. The first kappa shape index (κ1) is 30.4. The zero-order chi connectivity index (χ0) is 30.7. The van der Waals surface area contributed by atoms with Crippen molar-refractivity contribution in [2.24, 2.45) is 4.99 Å². The summed E-state index contributed by atoms with van der Waals surface area (Å²) >= 11 is 13.5. The average molecular weight is 640 g/mol. The van der Waals surface area contributed by atoms with E-state index in [2.05, 4.69) is 4.99 Å². The summed E-state index contributed by atoms with van der Waals surface area (Å²) in [6.07, 6.45) is 1.78. The molecule has 0 aliphatic carbocycles. The van der Waals surface area contributed by atoms with Crippen LogP contribution in [0.5, 0.6) is 17.2 Å². The van der Waals surface area contributed by atoms with Crippen molar-refractivity contribution in [3.05, 3.63) is 118 Å². The maximum absolute atomic E-state index is 14.0. The lowest BCUT2D eigenvalue weighted by molar-refractivity contribution is -0.139. The summed E-state index contributed by atoms with van der Waals surface area (Å²) in [5.74, 6) is 1.14. The molecule has 11 heteroatoms. The number of esters is 1. The average Bonchev–Trinajstić information content (AvgIpc) is 3.30. The topological polar surface area (TPSA) is 88.4 Å². The maximum Gasteiger partial charge on any atom is 0.338 e. The lowest BCUT2D eigenvalue weighted by Gasteiger charge is -2.26. The predicted molar refractivity (Wildman–Crippen MR) is 167 cm³/mol. The van der Waals surface area contributed by atoms with Crippen LogP contribution in [0.2, 0.25) is 10.0 Å². The zero-order valence-electron chi connectivity index (χ0n) is 23.9. The summed E-state index contributed by atoms with van der Waals surface area (Å²) in [4.78, 5) is 32.3. The highest BCUT2D eigenvalue weighted by Gasteiger charge is 2.35. The Hall–Kier alpha value is -4.05. The minimum absolute atomic E-state index is 0.175. The van der Waals surface area contributed by atoms with Crippen LogP contribution in [0.25, 0.3) is 6.08 Å². The van der Waals surface area contributed by atoms with Crippen LogP contribution in [0.1, 0.15) is 36.6 Å². The van der Waals surface area contributed by atoms with Crippen molar-refractivity contribution in [1.29, 1.82) is 0 Å². The van der Waals surface area contributed by atoms with Gasteiger partial charge in [-0.05, 0) is 68.0 Å². The van der Waals surface area contributed by atoms with Gasteiger partial charge in [-0.2, -0.15) is 0 Å². The number of aromatic nitrogens is 1. The van der Waals surface area contributed by atoms with Crippen LogP contribution < -0.4 is 29.1 Å². The molecule has 1 aliphatic rings. The second kappa shape index (κ2) is 13.1. The molecule has 2 heterocycles. The summed E-state index contributed by atoms with van der Waals surface area (Å²) < 4.78 is 24.3. The molecule has 4 aromatic rings. The van der Waals surface area contributed by atoms with Crippen LogP contribution in [0, 0.1) is 0 Å². The molecule has 0 saturated carbocycles. The third kappa shape index (κ3) is 6.34. The Morgan fingerprint density at radius 2 is 1.77 bits per heavy atom. The minimum atomic E-state index is -0.835. The highest BCUT2D eigenvalue weighted by atomic mass is 35.5. The quantitative estimate of drug-likeness (QED) is 0.219. The summed E-state index contributed by atoms with van der Waals surface area (Å²) in [6, 6.07) is 17.0. The monoisotopic (exact) mass is 638 g/mol. The van der Waals surface area contributed by atoms with E-state index in [0.29, 0.717) is 47.9 Å². The van der Waals surface area contributed by atoms with Gasteiger partial charge in [0, 0.05) is 21.2 Å². The fourth-order valence-corrected chi connectivity index (χ4v) is 6.26. The molecule has 5 rings (SSSR count). The summed E-state index contributed by atoms with van der Waals surface area (Å²) in [5, 5.41) is 1.09. The second-order valence-electron chi connectivity index (χ2n) is 9.50. The Balaban J connectivity index is 1.53. The molecule has 0 spiro atoms. The van der Waals surface area contributed by atoms with E-state index in [9.17, 15) is 9.59 Å². The van der Waals surface area contributed by atoms with E-state index in [4.69, 9.17) is 42.1 Å². The second-order valence-corrected chi connectivity index (χ2v) is 11.4. The normalized spacial score (nSPS) is 14.7. The number of halogens is 2. The number of thiazole rings is 1. The first-order chi connectivity index (χ1) is 20.7. The Morgan fingerprint density at radius 3 is 2.44 bits per heavy atom. The number of fused-ring (bicyclic) bond motifs is 1. The molecule has 222 valence electrons. The molecule has 8 nitrogen and oxygen atoms in total. The van der Waals surface area contributed by atoms with Crippen molar-refractivity contribution in [3.63, 3.8) is 0 Å². The molecule has 43 heavy (non-hydrogen) atoms. The summed E-state index contributed by atoms with van der Waals surface area (Å²) in [5.41, 5.74) is 2.60. The summed E-state index contributed by atoms with van der Waals surface area (Å²) in [7, 11) is 3.08. The number of hydrogen-bond donors (Lipinski definition) is 0. The molecule has 0 amide bonds.